The van der Waals surface area contributed by atoms with Crippen LogP contribution in [0.25, 0.3) is 21.3 Å². The van der Waals surface area contributed by atoms with Gasteiger partial charge in [0.1, 0.15) is 0 Å². The van der Waals surface area contributed by atoms with Crippen molar-refractivity contribution in [3.63, 3.8) is 0 Å². The van der Waals surface area contributed by atoms with E-state index in [0.29, 0.717) is 5.92 Å². The molecule has 0 amide bonds. The zero-order valence-corrected chi connectivity index (χ0v) is 21.3. The Morgan fingerprint density at radius 1 is 1.17 bits per heavy atom. The van der Waals surface area contributed by atoms with E-state index in [2.05, 4.69) is 41.3 Å². The first kappa shape index (κ1) is 23.6. The van der Waals surface area contributed by atoms with Crippen LogP contribution in [0.2, 0.25) is 0 Å². The number of hydrogen-bond acceptors (Lipinski definition) is 6. The van der Waals surface area contributed by atoms with E-state index in [9.17, 15) is 4.79 Å². The lowest BCUT2D eigenvalue weighted by atomic mass is 9.91. The van der Waals surface area contributed by atoms with Gasteiger partial charge in [-0.2, -0.15) is 0 Å². The third-order valence-corrected chi connectivity index (χ3v) is 7.87. The highest BCUT2D eigenvalue weighted by atomic mass is 32.1. The first-order chi connectivity index (χ1) is 17.0. The number of rotatable bonds is 7. The summed E-state index contributed by atoms with van der Waals surface area (Å²) in [6.07, 6.45) is 8.94. The summed E-state index contributed by atoms with van der Waals surface area (Å²) in [5.41, 5.74) is 7.36. The Morgan fingerprint density at radius 3 is 2.74 bits per heavy atom. The highest BCUT2D eigenvalue weighted by Gasteiger charge is 2.21. The van der Waals surface area contributed by atoms with Crippen molar-refractivity contribution in [1.82, 2.24) is 20.3 Å². The van der Waals surface area contributed by atoms with Crippen molar-refractivity contribution in [2.45, 2.75) is 46.0 Å². The fourth-order valence-electron chi connectivity index (χ4n) is 4.72. The number of aliphatic imine (C=N–C) groups is 1. The predicted molar refractivity (Wildman–Crippen MR) is 144 cm³/mol. The van der Waals surface area contributed by atoms with Gasteiger partial charge in [0.15, 0.2) is 5.78 Å². The molecule has 0 unspecified atom stereocenters. The van der Waals surface area contributed by atoms with Crippen LogP contribution in [0, 0.1) is 6.92 Å². The Kier molecular flexibility index (Phi) is 6.88. The first-order valence-corrected chi connectivity index (χ1v) is 13.2. The molecular weight excluding hydrogens is 454 g/mol. The van der Waals surface area contributed by atoms with E-state index in [-0.39, 0.29) is 5.78 Å². The van der Waals surface area contributed by atoms with Gasteiger partial charge in [-0.25, -0.2) is 0 Å². The number of nitrogens with one attached hydrogen (secondary N) is 2. The molecule has 4 aromatic rings. The van der Waals surface area contributed by atoms with Gasteiger partial charge in [0, 0.05) is 51.9 Å². The Hall–Kier alpha value is -3.16. The van der Waals surface area contributed by atoms with Crippen molar-refractivity contribution in [3.05, 3.63) is 70.2 Å². The molecule has 0 aromatic carbocycles. The van der Waals surface area contributed by atoms with Crippen LogP contribution in [0.15, 0.2) is 47.8 Å². The van der Waals surface area contributed by atoms with Crippen LogP contribution in [0.3, 0.4) is 0 Å². The van der Waals surface area contributed by atoms with Crippen molar-refractivity contribution < 1.29 is 4.79 Å². The Labute approximate surface area is 209 Å². The van der Waals surface area contributed by atoms with Crippen LogP contribution >= 0.6 is 11.3 Å². The molecule has 1 aliphatic rings. The van der Waals surface area contributed by atoms with Gasteiger partial charge in [0.2, 0.25) is 0 Å². The molecule has 0 bridgehead atoms. The van der Waals surface area contributed by atoms with Crippen molar-refractivity contribution in [2.24, 2.45) is 4.99 Å². The number of nitrogens with zero attached hydrogens (tertiary/aromatic N) is 3. The zero-order valence-electron chi connectivity index (χ0n) is 20.5. The van der Waals surface area contributed by atoms with E-state index in [4.69, 9.17) is 9.98 Å². The molecule has 0 atom stereocenters. The van der Waals surface area contributed by atoms with E-state index in [1.54, 1.807) is 6.92 Å². The standard InChI is InChI=1S/C28H31N5OS/c1-4-9-31-28(20-12-23(32-14-17(20)2)19-7-10-29-11-8-19)24-13-21-22(15-30-16-25(21)33-24)27-6-5-26(35-27)18(3)34/h5-6,12-16,19,29,33H,4,7-11H2,1-3H3/b31-28+. The molecule has 1 aliphatic heterocycles. The summed E-state index contributed by atoms with van der Waals surface area (Å²) in [7, 11) is 0. The van der Waals surface area contributed by atoms with E-state index in [1.165, 1.54) is 11.3 Å². The average Bonchev–Trinajstić information content (AvgIpc) is 3.53. The summed E-state index contributed by atoms with van der Waals surface area (Å²) in [5, 5.41) is 4.53. The number of carbonyl (C=O) groups is 1. The summed E-state index contributed by atoms with van der Waals surface area (Å²) in [6, 6.07) is 8.33. The van der Waals surface area contributed by atoms with Crippen LogP contribution in [-0.2, 0) is 0 Å². The van der Waals surface area contributed by atoms with Gasteiger partial charge in [0.05, 0.1) is 28.0 Å². The third kappa shape index (κ3) is 4.83. The van der Waals surface area contributed by atoms with E-state index >= 15 is 0 Å². The van der Waals surface area contributed by atoms with Crippen LogP contribution in [0.4, 0.5) is 0 Å². The van der Waals surface area contributed by atoms with E-state index in [0.717, 1.165) is 93.3 Å². The molecule has 7 heteroatoms. The lowest BCUT2D eigenvalue weighted by molar-refractivity contribution is 0.102. The summed E-state index contributed by atoms with van der Waals surface area (Å²) in [5.74, 6) is 0.568. The summed E-state index contributed by atoms with van der Waals surface area (Å²) in [6.45, 7) is 8.70. The quantitative estimate of drug-likeness (QED) is 0.252. The number of carbonyl (C=O) groups excluding carboxylic acids is 1. The van der Waals surface area contributed by atoms with Gasteiger partial charge in [-0.05, 0) is 76.0 Å². The zero-order chi connectivity index (χ0) is 24.4. The molecule has 4 aromatic heterocycles. The Bertz CT molecular complexity index is 1390. The number of H-pyrrole nitrogens is 1. The molecule has 35 heavy (non-hydrogen) atoms. The number of piperidine rings is 1. The normalized spacial score (nSPS) is 15.1. The molecule has 6 nitrogen and oxygen atoms in total. The fraction of sp³-hybridized carbons (Fsp3) is 0.357. The summed E-state index contributed by atoms with van der Waals surface area (Å²) < 4.78 is 0. The van der Waals surface area contributed by atoms with Gasteiger partial charge in [-0.15, -0.1) is 11.3 Å². The molecule has 5 heterocycles. The summed E-state index contributed by atoms with van der Waals surface area (Å²) >= 11 is 1.51. The average molecular weight is 486 g/mol. The third-order valence-electron chi connectivity index (χ3n) is 6.65. The second-order valence-corrected chi connectivity index (χ2v) is 10.3. The lowest BCUT2D eigenvalue weighted by Crippen LogP contribution is -2.27. The number of hydrogen-bond donors (Lipinski definition) is 2. The van der Waals surface area contributed by atoms with Gasteiger partial charge in [0.25, 0.3) is 0 Å². The fourth-order valence-corrected chi connectivity index (χ4v) is 5.65. The molecule has 0 spiro atoms. The van der Waals surface area contributed by atoms with Crippen LogP contribution in [0.5, 0.6) is 0 Å². The molecule has 0 aliphatic carbocycles. The highest BCUT2D eigenvalue weighted by molar-refractivity contribution is 7.17. The summed E-state index contributed by atoms with van der Waals surface area (Å²) in [4.78, 5) is 31.5. The SMILES string of the molecule is CCC/N=C(/c1cc2c(-c3ccc(C(C)=O)s3)cncc2[nH]1)c1cc(C2CCNCC2)ncc1C. The number of aromatic amines is 1. The van der Waals surface area contributed by atoms with E-state index < -0.39 is 0 Å². The Morgan fingerprint density at radius 2 is 2.00 bits per heavy atom. The number of Topliss-reactive ketones (excluding diaryl/α,β-unsaturated/α-hetero) is 1. The van der Waals surface area contributed by atoms with Gasteiger partial charge in [-0.1, -0.05) is 6.92 Å². The van der Waals surface area contributed by atoms with Crippen molar-refractivity contribution in [3.8, 4) is 10.4 Å². The molecule has 0 saturated carbocycles. The molecule has 5 rings (SSSR count). The van der Waals surface area contributed by atoms with Gasteiger partial charge >= 0.3 is 0 Å². The first-order valence-electron chi connectivity index (χ1n) is 12.4. The second-order valence-electron chi connectivity index (χ2n) is 9.23. The lowest BCUT2D eigenvalue weighted by Gasteiger charge is -2.23. The largest absolute Gasteiger partial charge is 0.352 e. The predicted octanol–water partition coefficient (Wildman–Crippen LogP) is 5.91. The highest BCUT2D eigenvalue weighted by Crippen LogP contribution is 2.34. The van der Waals surface area contributed by atoms with Crippen molar-refractivity contribution in [2.75, 3.05) is 19.6 Å². The second kappa shape index (κ2) is 10.2. The molecule has 2 N–H and O–H groups in total. The van der Waals surface area contributed by atoms with Crippen LogP contribution < -0.4 is 5.32 Å². The van der Waals surface area contributed by atoms with Crippen LogP contribution in [-0.4, -0.2) is 46.1 Å². The van der Waals surface area contributed by atoms with Crippen molar-refractivity contribution >= 4 is 33.7 Å². The molecule has 1 saturated heterocycles. The Balaban J connectivity index is 1.59. The number of ketones is 1. The van der Waals surface area contributed by atoms with Crippen LogP contribution in [0.1, 0.15) is 71.2 Å². The van der Waals surface area contributed by atoms with Gasteiger partial charge < -0.3 is 10.3 Å². The minimum Gasteiger partial charge on any atom is -0.352 e. The molecule has 0 radical (unpaired) electrons. The smallest absolute Gasteiger partial charge is 0.169 e. The minimum absolute atomic E-state index is 0.0860. The maximum atomic E-state index is 11.8. The maximum Gasteiger partial charge on any atom is 0.169 e. The number of fused-ring (bicyclic) bond motifs is 1. The van der Waals surface area contributed by atoms with E-state index in [1.807, 2.05) is 30.7 Å². The van der Waals surface area contributed by atoms with Crippen molar-refractivity contribution in [1.29, 1.82) is 0 Å². The number of thiophene rings is 1. The topological polar surface area (TPSA) is 83.0 Å². The number of aryl methyl sites for hydroxylation is 1. The monoisotopic (exact) mass is 485 g/mol. The van der Waals surface area contributed by atoms with Gasteiger partial charge in [-0.3, -0.25) is 19.8 Å². The maximum absolute atomic E-state index is 11.8. The number of pyridine rings is 2. The molecule has 180 valence electrons. The molecular formula is C28H31N5OS. The minimum atomic E-state index is 0.0860. The molecule has 1 fully saturated rings. The number of aromatic nitrogens is 3.